The van der Waals surface area contributed by atoms with Gasteiger partial charge in [-0.1, -0.05) is 0 Å². The minimum atomic E-state index is -3.87. The Morgan fingerprint density at radius 3 is 2.38 bits per heavy atom. The Morgan fingerprint density at radius 1 is 1.14 bits per heavy atom. The third-order valence-corrected chi connectivity index (χ3v) is 5.64. The smallest absolute Gasteiger partial charge is 0.367 e. The fourth-order valence-electron chi connectivity index (χ4n) is 2.42. The van der Waals surface area contributed by atoms with Crippen LogP contribution < -0.4 is 9.47 Å². The number of carbonyl (C=O) groups is 2. The van der Waals surface area contributed by atoms with E-state index in [1.165, 1.54) is 38.5 Å². The molecular weight excluding hydrogens is 404 g/mol. The van der Waals surface area contributed by atoms with E-state index in [1.54, 1.807) is 6.92 Å². The highest BCUT2D eigenvalue weighted by molar-refractivity contribution is 7.95. The molecular formula is C18H18N2O8S. The topological polar surface area (TPSA) is 141 Å². The number of rotatable bonds is 8. The maximum atomic E-state index is 12.7. The molecule has 0 atom stereocenters. The second-order valence-electron chi connectivity index (χ2n) is 5.52. The van der Waals surface area contributed by atoms with Gasteiger partial charge in [-0.05, 0) is 24.6 Å². The molecule has 1 heterocycles. The van der Waals surface area contributed by atoms with Crippen molar-refractivity contribution in [3.05, 3.63) is 22.6 Å². The highest BCUT2D eigenvalue weighted by Gasteiger charge is 2.32. The number of nitriles is 1. The number of ether oxygens (including phenoxy) is 4. The predicted molar refractivity (Wildman–Crippen MR) is 100 cm³/mol. The Morgan fingerprint density at radius 2 is 1.79 bits per heavy atom. The summed E-state index contributed by atoms with van der Waals surface area (Å²) in [5, 5.41) is 8.85. The molecule has 1 aromatic carbocycles. The first-order chi connectivity index (χ1) is 13.8. The van der Waals surface area contributed by atoms with E-state index in [1.807, 2.05) is 0 Å². The van der Waals surface area contributed by atoms with E-state index in [4.69, 9.17) is 19.5 Å². The molecule has 0 bridgehead atoms. The van der Waals surface area contributed by atoms with E-state index in [2.05, 4.69) is 9.73 Å². The van der Waals surface area contributed by atoms with Crippen molar-refractivity contribution in [3.63, 3.8) is 0 Å². The Labute approximate surface area is 167 Å². The SMILES string of the molecule is CCOC(=O)C(C#N)=NCC(=O)OCC1=Cc2cc(OC)c(OC)cc2S1(=O)=O. The molecule has 154 valence electrons. The zero-order valence-electron chi connectivity index (χ0n) is 15.9. The molecule has 10 nitrogen and oxygen atoms in total. The summed E-state index contributed by atoms with van der Waals surface area (Å²) in [4.78, 5) is 26.7. The molecule has 0 aliphatic carbocycles. The number of methoxy groups -OCH3 is 2. The Balaban J connectivity index is 2.10. The lowest BCUT2D eigenvalue weighted by molar-refractivity contribution is -0.140. The van der Waals surface area contributed by atoms with Crippen LogP contribution in [0.5, 0.6) is 11.5 Å². The lowest BCUT2D eigenvalue weighted by atomic mass is 10.2. The van der Waals surface area contributed by atoms with Gasteiger partial charge in [0.2, 0.25) is 15.5 Å². The van der Waals surface area contributed by atoms with Crippen LogP contribution in [0.1, 0.15) is 12.5 Å². The van der Waals surface area contributed by atoms with Gasteiger partial charge in [-0.3, -0.25) is 9.79 Å². The minimum absolute atomic E-state index is 0.00768. The van der Waals surface area contributed by atoms with Gasteiger partial charge in [0.1, 0.15) is 19.2 Å². The quantitative estimate of drug-likeness (QED) is 0.441. The van der Waals surface area contributed by atoms with Crippen molar-refractivity contribution in [2.24, 2.45) is 4.99 Å². The van der Waals surface area contributed by atoms with Crippen LogP contribution in [-0.4, -0.2) is 60.0 Å². The van der Waals surface area contributed by atoms with Gasteiger partial charge < -0.3 is 18.9 Å². The highest BCUT2D eigenvalue weighted by Crippen LogP contribution is 2.40. The monoisotopic (exact) mass is 422 g/mol. The Kier molecular flexibility index (Phi) is 6.95. The molecule has 1 aromatic rings. The summed E-state index contributed by atoms with van der Waals surface area (Å²) >= 11 is 0. The number of sulfone groups is 1. The molecule has 0 fully saturated rings. The fourth-order valence-corrected chi connectivity index (χ4v) is 3.89. The van der Waals surface area contributed by atoms with Crippen molar-refractivity contribution in [3.8, 4) is 17.6 Å². The van der Waals surface area contributed by atoms with Crippen LogP contribution in [0.25, 0.3) is 6.08 Å². The first-order valence-corrected chi connectivity index (χ1v) is 9.75. The number of aliphatic imine (C=N–C) groups is 1. The molecule has 11 heteroatoms. The molecule has 0 amide bonds. The van der Waals surface area contributed by atoms with Crippen LogP contribution in [0.15, 0.2) is 26.9 Å². The molecule has 0 saturated heterocycles. The summed E-state index contributed by atoms with van der Waals surface area (Å²) in [6.07, 6.45) is 1.36. The van der Waals surface area contributed by atoms with Gasteiger partial charge >= 0.3 is 11.9 Å². The van der Waals surface area contributed by atoms with E-state index < -0.39 is 40.6 Å². The van der Waals surface area contributed by atoms with Gasteiger partial charge in [0.15, 0.2) is 11.5 Å². The van der Waals surface area contributed by atoms with Gasteiger partial charge in [0.05, 0.1) is 30.6 Å². The van der Waals surface area contributed by atoms with Gasteiger partial charge in [0.25, 0.3) is 0 Å². The van der Waals surface area contributed by atoms with Crippen LogP contribution in [0.2, 0.25) is 0 Å². The Bertz CT molecular complexity index is 1030. The van der Waals surface area contributed by atoms with E-state index in [-0.39, 0.29) is 22.2 Å². The maximum Gasteiger partial charge on any atom is 0.367 e. The molecule has 0 radical (unpaired) electrons. The molecule has 0 N–H and O–H groups in total. The van der Waals surface area contributed by atoms with Crippen molar-refractivity contribution in [1.29, 1.82) is 5.26 Å². The number of benzene rings is 1. The van der Waals surface area contributed by atoms with E-state index in [0.717, 1.165) is 0 Å². The number of fused-ring (bicyclic) bond motifs is 1. The normalized spacial score (nSPS) is 14.3. The second kappa shape index (κ2) is 9.20. The van der Waals surface area contributed by atoms with Gasteiger partial charge in [-0.15, -0.1) is 0 Å². The molecule has 0 spiro atoms. The summed E-state index contributed by atoms with van der Waals surface area (Å²) in [5.41, 5.74) is -0.205. The first kappa shape index (κ1) is 21.9. The number of esters is 2. The summed E-state index contributed by atoms with van der Waals surface area (Å²) in [7, 11) is -1.06. The summed E-state index contributed by atoms with van der Waals surface area (Å²) in [5.74, 6) is -1.27. The fraction of sp³-hybridized carbons (Fsp3) is 0.333. The number of hydrogen-bond donors (Lipinski definition) is 0. The number of carbonyl (C=O) groups excluding carboxylic acids is 2. The van der Waals surface area contributed by atoms with Crippen molar-refractivity contribution in [2.45, 2.75) is 11.8 Å². The van der Waals surface area contributed by atoms with Gasteiger partial charge in [-0.2, -0.15) is 5.26 Å². The zero-order chi connectivity index (χ0) is 21.6. The number of hydrogen-bond acceptors (Lipinski definition) is 10. The third kappa shape index (κ3) is 4.72. The van der Waals surface area contributed by atoms with E-state index in [9.17, 15) is 18.0 Å². The summed E-state index contributed by atoms with van der Waals surface area (Å²) < 4.78 is 45.1. The van der Waals surface area contributed by atoms with Crippen molar-refractivity contribution < 1.29 is 37.0 Å². The molecule has 1 aliphatic rings. The lowest BCUT2D eigenvalue weighted by Gasteiger charge is -2.10. The molecule has 0 aromatic heterocycles. The molecule has 2 rings (SSSR count). The van der Waals surface area contributed by atoms with Crippen molar-refractivity contribution in [1.82, 2.24) is 0 Å². The third-order valence-electron chi connectivity index (χ3n) is 3.78. The van der Waals surface area contributed by atoms with Crippen LogP contribution in [0, 0.1) is 11.3 Å². The molecule has 0 unspecified atom stereocenters. The average molecular weight is 422 g/mol. The first-order valence-electron chi connectivity index (χ1n) is 8.27. The summed E-state index contributed by atoms with van der Waals surface area (Å²) in [6, 6.07) is 4.36. The number of nitrogens with zero attached hydrogens (tertiary/aromatic N) is 2. The standard InChI is InChI=1S/C18H18N2O8S/c1-4-27-18(22)13(8-19)20-9-17(21)28-10-12-5-11-6-14(25-2)15(26-3)7-16(11)29(12,23)24/h5-7H,4,9-10H2,1-3H3. The zero-order valence-corrected chi connectivity index (χ0v) is 16.7. The largest absolute Gasteiger partial charge is 0.493 e. The minimum Gasteiger partial charge on any atom is -0.493 e. The van der Waals surface area contributed by atoms with Crippen LogP contribution in [0.4, 0.5) is 0 Å². The average Bonchev–Trinajstić information content (AvgIpc) is 2.95. The van der Waals surface area contributed by atoms with Crippen molar-refractivity contribution >= 4 is 33.6 Å². The second-order valence-corrected chi connectivity index (χ2v) is 7.49. The van der Waals surface area contributed by atoms with Crippen molar-refractivity contribution in [2.75, 3.05) is 34.0 Å². The molecule has 0 saturated carbocycles. The van der Waals surface area contributed by atoms with E-state index in [0.29, 0.717) is 11.3 Å². The Hall–Kier alpha value is -3.39. The van der Waals surface area contributed by atoms with Gasteiger partial charge in [-0.25, -0.2) is 13.2 Å². The molecule has 29 heavy (non-hydrogen) atoms. The summed E-state index contributed by atoms with van der Waals surface area (Å²) in [6.45, 7) is 0.438. The predicted octanol–water partition coefficient (Wildman–Crippen LogP) is 0.903. The molecule has 1 aliphatic heterocycles. The van der Waals surface area contributed by atoms with Crippen LogP contribution in [0.3, 0.4) is 0 Å². The van der Waals surface area contributed by atoms with Crippen LogP contribution >= 0.6 is 0 Å². The van der Waals surface area contributed by atoms with Crippen LogP contribution in [-0.2, 0) is 28.9 Å². The highest BCUT2D eigenvalue weighted by atomic mass is 32.2. The van der Waals surface area contributed by atoms with E-state index >= 15 is 0 Å². The lowest BCUT2D eigenvalue weighted by Crippen LogP contribution is -2.19. The maximum absolute atomic E-state index is 12.7. The van der Waals surface area contributed by atoms with Gasteiger partial charge in [0, 0.05) is 6.07 Å².